The zero-order valence-electron chi connectivity index (χ0n) is 12.3. The molecule has 3 aromatic rings. The van der Waals surface area contributed by atoms with E-state index in [-0.39, 0.29) is 27.9 Å². The number of rotatable bonds is 4. The van der Waals surface area contributed by atoms with Gasteiger partial charge in [0.25, 0.3) is 5.91 Å². The number of thiazole rings is 1. The Bertz CT molecular complexity index is 860. The molecule has 0 atom stereocenters. The van der Waals surface area contributed by atoms with Crippen molar-refractivity contribution in [3.05, 3.63) is 64.8 Å². The van der Waals surface area contributed by atoms with Crippen molar-refractivity contribution < 1.29 is 13.6 Å². The molecule has 0 fully saturated rings. The highest BCUT2D eigenvalue weighted by Crippen LogP contribution is 2.29. The highest BCUT2D eigenvalue weighted by Gasteiger charge is 2.17. The molecule has 24 heavy (non-hydrogen) atoms. The first-order valence-corrected chi connectivity index (χ1v) is 7.75. The number of nitrogens with one attached hydrogen (secondary N) is 1. The molecule has 1 aromatic carbocycles. The molecular weight excluding hydrogens is 334 g/mol. The van der Waals surface area contributed by atoms with E-state index in [0.29, 0.717) is 5.82 Å². The predicted molar refractivity (Wildman–Crippen MR) is 87.3 cm³/mol. The van der Waals surface area contributed by atoms with E-state index in [4.69, 9.17) is 5.73 Å². The summed E-state index contributed by atoms with van der Waals surface area (Å²) in [6, 6.07) is 6.94. The number of aromatic nitrogens is 2. The van der Waals surface area contributed by atoms with Gasteiger partial charge in [-0.05, 0) is 23.8 Å². The summed E-state index contributed by atoms with van der Waals surface area (Å²) in [7, 11) is 0. The van der Waals surface area contributed by atoms with Crippen molar-refractivity contribution >= 4 is 23.1 Å². The smallest absolute Gasteiger partial charge is 0.263 e. The topological polar surface area (TPSA) is 80.9 Å². The second kappa shape index (κ2) is 6.71. The third kappa shape index (κ3) is 3.38. The van der Waals surface area contributed by atoms with Crippen LogP contribution in [0.15, 0.2) is 42.7 Å². The van der Waals surface area contributed by atoms with Crippen molar-refractivity contribution in [2.75, 3.05) is 5.73 Å². The fourth-order valence-corrected chi connectivity index (χ4v) is 2.89. The SMILES string of the molecule is Nc1ccc(CNC(=O)c2cnc(-c3c(F)cccc3F)s2)cn1. The first kappa shape index (κ1) is 16.0. The fourth-order valence-electron chi connectivity index (χ4n) is 2.01. The molecule has 122 valence electrons. The van der Waals surface area contributed by atoms with Gasteiger partial charge in [-0.3, -0.25) is 4.79 Å². The number of carbonyl (C=O) groups is 1. The van der Waals surface area contributed by atoms with Crippen molar-refractivity contribution in [1.29, 1.82) is 0 Å². The Kier molecular flexibility index (Phi) is 4.48. The number of nitrogen functional groups attached to an aromatic ring is 1. The van der Waals surface area contributed by atoms with Crippen LogP contribution in [-0.2, 0) is 6.54 Å². The van der Waals surface area contributed by atoms with Gasteiger partial charge in [0, 0.05) is 12.7 Å². The Morgan fingerprint density at radius 3 is 2.54 bits per heavy atom. The van der Waals surface area contributed by atoms with E-state index < -0.39 is 11.6 Å². The summed E-state index contributed by atoms with van der Waals surface area (Å²) in [6.45, 7) is 0.257. The van der Waals surface area contributed by atoms with Crippen molar-refractivity contribution in [3.63, 3.8) is 0 Å². The van der Waals surface area contributed by atoms with Gasteiger partial charge in [0.15, 0.2) is 0 Å². The van der Waals surface area contributed by atoms with Gasteiger partial charge in [0.05, 0.1) is 11.8 Å². The minimum absolute atomic E-state index is 0.116. The van der Waals surface area contributed by atoms with E-state index in [9.17, 15) is 13.6 Å². The Labute approximate surface area is 140 Å². The molecule has 0 aliphatic rings. The van der Waals surface area contributed by atoms with Crippen molar-refractivity contribution in [1.82, 2.24) is 15.3 Å². The summed E-state index contributed by atoms with van der Waals surface area (Å²) < 4.78 is 27.5. The number of benzene rings is 1. The lowest BCUT2D eigenvalue weighted by molar-refractivity contribution is 0.0954. The average Bonchev–Trinajstić information content (AvgIpc) is 3.03. The van der Waals surface area contributed by atoms with Gasteiger partial charge in [-0.2, -0.15) is 0 Å². The number of nitrogens with two attached hydrogens (primary N) is 1. The molecule has 0 saturated carbocycles. The average molecular weight is 346 g/mol. The molecule has 3 rings (SSSR count). The maximum absolute atomic E-state index is 13.8. The summed E-state index contributed by atoms with van der Waals surface area (Å²) in [6.07, 6.45) is 2.85. The van der Waals surface area contributed by atoms with Gasteiger partial charge in [0.2, 0.25) is 0 Å². The molecule has 0 bridgehead atoms. The van der Waals surface area contributed by atoms with E-state index in [1.807, 2.05) is 0 Å². The van der Waals surface area contributed by atoms with Crippen molar-refractivity contribution in [2.45, 2.75) is 6.54 Å². The fraction of sp³-hybridized carbons (Fsp3) is 0.0625. The Morgan fingerprint density at radius 1 is 1.12 bits per heavy atom. The second-order valence-corrected chi connectivity index (χ2v) is 5.93. The van der Waals surface area contributed by atoms with Crippen LogP contribution in [0.2, 0.25) is 0 Å². The van der Waals surface area contributed by atoms with Crippen LogP contribution in [0.25, 0.3) is 10.6 Å². The number of carbonyl (C=O) groups excluding carboxylic acids is 1. The van der Waals surface area contributed by atoms with Crippen LogP contribution < -0.4 is 11.1 Å². The number of hydrogen-bond acceptors (Lipinski definition) is 5. The second-order valence-electron chi connectivity index (χ2n) is 4.90. The minimum atomic E-state index is -0.718. The standard InChI is InChI=1S/C16H12F2N4OS/c17-10-2-1-3-11(18)14(10)16-22-8-12(24-16)15(23)21-7-9-4-5-13(19)20-6-9/h1-6,8H,7H2,(H2,19,20)(H,21,23). The van der Waals surface area contributed by atoms with Crippen LogP contribution in [-0.4, -0.2) is 15.9 Å². The van der Waals surface area contributed by atoms with Gasteiger partial charge in [0.1, 0.15) is 27.3 Å². The van der Waals surface area contributed by atoms with Gasteiger partial charge in [-0.15, -0.1) is 11.3 Å². The lowest BCUT2D eigenvalue weighted by Gasteiger charge is -2.03. The predicted octanol–water partition coefficient (Wildman–Crippen LogP) is 3.00. The molecule has 0 spiro atoms. The van der Waals surface area contributed by atoms with E-state index in [0.717, 1.165) is 29.0 Å². The number of nitrogens with zero attached hydrogens (tertiary/aromatic N) is 2. The van der Waals surface area contributed by atoms with Crippen LogP contribution in [0, 0.1) is 11.6 Å². The van der Waals surface area contributed by atoms with E-state index in [1.54, 1.807) is 18.3 Å². The number of amides is 1. The molecule has 8 heteroatoms. The summed E-state index contributed by atoms with van der Waals surface area (Å²) >= 11 is 0.921. The van der Waals surface area contributed by atoms with Crippen LogP contribution in [0.5, 0.6) is 0 Å². The maximum Gasteiger partial charge on any atom is 0.263 e. The monoisotopic (exact) mass is 346 g/mol. The molecule has 2 heterocycles. The molecule has 2 aromatic heterocycles. The van der Waals surface area contributed by atoms with Gasteiger partial charge in [-0.25, -0.2) is 18.7 Å². The van der Waals surface area contributed by atoms with Gasteiger partial charge >= 0.3 is 0 Å². The van der Waals surface area contributed by atoms with Crippen LogP contribution >= 0.6 is 11.3 Å². The molecule has 0 unspecified atom stereocenters. The normalized spacial score (nSPS) is 10.6. The summed E-state index contributed by atoms with van der Waals surface area (Å²) in [5, 5.41) is 2.81. The van der Waals surface area contributed by atoms with E-state index in [1.165, 1.54) is 12.3 Å². The maximum atomic E-state index is 13.8. The highest BCUT2D eigenvalue weighted by atomic mass is 32.1. The molecule has 0 saturated heterocycles. The third-order valence-electron chi connectivity index (χ3n) is 3.21. The Morgan fingerprint density at radius 2 is 1.88 bits per heavy atom. The summed E-state index contributed by atoms with van der Waals surface area (Å²) in [5.74, 6) is -1.43. The molecule has 0 aliphatic heterocycles. The Balaban J connectivity index is 1.73. The Hall–Kier alpha value is -2.87. The minimum Gasteiger partial charge on any atom is -0.384 e. The first-order chi connectivity index (χ1) is 11.5. The van der Waals surface area contributed by atoms with Crippen molar-refractivity contribution in [3.8, 4) is 10.6 Å². The zero-order valence-corrected chi connectivity index (χ0v) is 13.1. The third-order valence-corrected chi connectivity index (χ3v) is 4.22. The van der Waals surface area contributed by atoms with Crippen LogP contribution in [0.3, 0.4) is 0 Å². The summed E-state index contributed by atoms with van der Waals surface area (Å²) in [5.41, 5.74) is 6.04. The summed E-state index contributed by atoms with van der Waals surface area (Å²) in [4.78, 5) is 20.3. The molecule has 3 N–H and O–H groups in total. The molecular formula is C16H12F2N4OS. The lowest BCUT2D eigenvalue weighted by Crippen LogP contribution is -2.21. The number of pyridine rings is 1. The number of hydrogen-bond donors (Lipinski definition) is 2. The van der Waals surface area contributed by atoms with Gasteiger partial charge < -0.3 is 11.1 Å². The molecule has 0 radical (unpaired) electrons. The molecule has 1 amide bonds. The molecule has 0 aliphatic carbocycles. The largest absolute Gasteiger partial charge is 0.384 e. The number of anilines is 1. The van der Waals surface area contributed by atoms with Crippen LogP contribution in [0.1, 0.15) is 15.2 Å². The van der Waals surface area contributed by atoms with Crippen LogP contribution in [0.4, 0.5) is 14.6 Å². The molecule has 5 nitrogen and oxygen atoms in total. The van der Waals surface area contributed by atoms with Crippen molar-refractivity contribution in [2.24, 2.45) is 0 Å². The highest BCUT2D eigenvalue weighted by molar-refractivity contribution is 7.16. The van der Waals surface area contributed by atoms with Gasteiger partial charge in [-0.1, -0.05) is 12.1 Å². The zero-order chi connectivity index (χ0) is 17.1. The lowest BCUT2D eigenvalue weighted by atomic mass is 10.2. The van der Waals surface area contributed by atoms with E-state index >= 15 is 0 Å². The first-order valence-electron chi connectivity index (χ1n) is 6.93. The van der Waals surface area contributed by atoms with E-state index in [2.05, 4.69) is 15.3 Å². The quantitative estimate of drug-likeness (QED) is 0.761. The number of halogens is 2.